The highest BCUT2D eigenvalue weighted by molar-refractivity contribution is 9.10. The molecule has 0 N–H and O–H groups in total. The summed E-state index contributed by atoms with van der Waals surface area (Å²) in [6.07, 6.45) is 3.04. The summed E-state index contributed by atoms with van der Waals surface area (Å²) in [6, 6.07) is 1.77. The minimum Gasteiger partial charge on any atom is -0.475 e. The molecule has 1 rings (SSSR count). The van der Waals surface area contributed by atoms with E-state index in [0.29, 0.717) is 19.1 Å². The Balaban J connectivity index is 2.28. The maximum Gasteiger partial charge on any atom is 0.217 e. The minimum absolute atomic E-state index is 0.524. The molecule has 0 spiro atoms. The first-order valence-electron chi connectivity index (χ1n) is 6.00. The predicted octanol–water partition coefficient (Wildman–Crippen LogP) is 3.00. The number of rotatable bonds is 8. The quantitative estimate of drug-likeness (QED) is 0.547. The van der Waals surface area contributed by atoms with Crippen LogP contribution in [0.1, 0.15) is 32.5 Å². The second-order valence-electron chi connectivity index (χ2n) is 3.61. The molecule has 1 aromatic rings. The summed E-state index contributed by atoms with van der Waals surface area (Å²) in [6.45, 7) is 6.08. The topological polar surface area (TPSA) is 44.2 Å². The molecule has 0 unspecified atom stereocenters. The maximum absolute atomic E-state index is 5.50. The normalized spacial score (nSPS) is 10.5. The fourth-order valence-corrected chi connectivity index (χ4v) is 1.63. The Morgan fingerprint density at radius 3 is 2.71 bits per heavy atom. The molecular weight excluding hydrogens is 284 g/mol. The summed E-state index contributed by atoms with van der Waals surface area (Å²) in [5.41, 5.74) is 0. The first-order chi connectivity index (χ1) is 8.26. The number of halogens is 1. The highest BCUT2D eigenvalue weighted by Crippen LogP contribution is 2.14. The third-order valence-corrected chi connectivity index (χ3v) is 2.56. The molecule has 0 fully saturated rings. The molecule has 0 amide bonds. The van der Waals surface area contributed by atoms with E-state index in [2.05, 4.69) is 32.8 Å². The van der Waals surface area contributed by atoms with Crippen molar-refractivity contribution in [2.75, 3.05) is 19.8 Å². The van der Waals surface area contributed by atoms with E-state index in [4.69, 9.17) is 9.47 Å². The number of aromatic nitrogens is 2. The average molecular weight is 303 g/mol. The van der Waals surface area contributed by atoms with Gasteiger partial charge in [-0.1, -0.05) is 20.3 Å². The van der Waals surface area contributed by atoms with Crippen molar-refractivity contribution in [2.45, 2.75) is 33.1 Å². The van der Waals surface area contributed by atoms with Gasteiger partial charge in [0.05, 0.1) is 6.61 Å². The van der Waals surface area contributed by atoms with E-state index >= 15 is 0 Å². The van der Waals surface area contributed by atoms with Crippen LogP contribution in [0.2, 0.25) is 0 Å². The van der Waals surface area contributed by atoms with Crippen LogP contribution in [0.25, 0.3) is 0 Å². The largest absolute Gasteiger partial charge is 0.475 e. The smallest absolute Gasteiger partial charge is 0.217 e. The van der Waals surface area contributed by atoms with Gasteiger partial charge in [0, 0.05) is 19.1 Å². The molecule has 0 atom stereocenters. The van der Waals surface area contributed by atoms with Crippen molar-refractivity contribution in [3.63, 3.8) is 0 Å². The predicted molar refractivity (Wildman–Crippen MR) is 70.3 cm³/mol. The zero-order valence-corrected chi connectivity index (χ0v) is 12.0. The van der Waals surface area contributed by atoms with Crippen LogP contribution < -0.4 is 4.74 Å². The Hall–Kier alpha value is -0.680. The molecule has 5 heteroatoms. The van der Waals surface area contributed by atoms with E-state index < -0.39 is 0 Å². The molecule has 0 radical (unpaired) electrons. The van der Waals surface area contributed by atoms with Crippen LogP contribution in [0.4, 0.5) is 0 Å². The van der Waals surface area contributed by atoms with Gasteiger partial charge in [-0.25, -0.2) is 4.98 Å². The molecular formula is C12H19BrN2O2. The lowest BCUT2D eigenvalue weighted by Gasteiger charge is -2.07. The maximum atomic E-state index is 5.50. The van der Waals surface area contributed by atoms with E-state index in [1.165, 1.54) is 0 Å². The summed E-state index contributed by atoms with van der Waals surface area (Å²) in [5, 5.41) is 0. The SMILES string of the molecule is CCCCOCCOc1cc(Br)nc(CC)n1. The standard InChI is InChI=1S/C12H19BrN2O2/c1-3-5-6-16-7-8-17-12-9-10(13)14-11(4-2)15-12/h9H,3-8H2,1-2H3. The highest BCUT2D eigenvalue weighted by Gasteiger charge is 2.02. The van der Waals surface area contributed by atoms with Crippen LogP contribution in [0, 0.1) is 0 Å². The van der Waals surface area contributed by atoms with Gasteiger partial charge in [-0.15, -0.1) is 0 Å². The second-order valence-corrected chi connectivity index (χ2v) is 4.43. The van der Waals surface area contributed by atoms with Crippen molar-refractivity contribution in [1.82, 2.24) is 9.97 Å². The lowest BCUT2D eigenvalue weighted by Crippen LogP contribution is -2.09. The summed E-state index contributed by atoms with van der Waals surface area (Å²) in [7, 11) is 0. The van der Waals surface area contributed by atoms with Gasteiger partial charge in [-0.2, -0.15) is 4.98 Å². The summed E-state index contributed by atoms with van der Waals surface area (Å²) in [4.78, 5) is 8.48. The van der Waals surface area contributed by atoms with Crippen molar-refractivity contribution in [3.05, 3.63) is 16.5 Å². The van der Waals surface area contributed by atoms with Gasteiger partial charge in [0.2, 0.25) is 5.88 Å². The lowest BCUT2D eigenvalue weighted by molar-refractivity contribution is 0.0963. The number of hydrogen-bond donors (Lipinski definition) is 0. The van der Waals surface area contributed by atoms with Gasteiger partial charge in [0.1, 0.15) is 17.0 Å². The van der Waals surface area contributed by atoms with Crippen molar-refractivity contribution in [1.29, 1.82) is 0 Å². The fourth-order valence-electron chi connectivity index (χ4n) is 1.23. The summed E-state index contributed by atoms with van der Waals surface area (Å²) in [5.74, 6) is 1.38. The molecule has 0 aliphatic heterocycles. The van der Waals surface area contributed by atoms with Crippen molar-refractivity contribution >= 4 is 15.9 Å². The first kappa shape index (κ1) is 14.4. The van der Waals surface area contributed by atoms with Crippen molar-refractivity contribution in [2.24, 2.45) is 0 Å². The molecule has 0 saturated carbocycles. The fraction of sp³-hybridized carbons (Fsp3) is 0.667. The van der Waals surface area contributed by atoms with Gasteiger partial charge >= 0.3 is 0 Å². The van der Waals surface area contributed by atoms with Gasteiger partial charge in [0.25, 0.3) is 0 Å². The van der Waals surface area contributed by atoms with Crippen LogP contribution in [0.5, 0.6) is 5.88 Å². The molecule has 0 bridgehead atoms. The van der Waals surface area contributed by atoms with Crippen LogP contribution in [-0.2, 0) is 11.2 Å². The molecule has 17 heavy (non-hydrogen) atoms. The highest BCUT2D eigenvalue weighted by atomic mass is 79.9. The number of ether oxygens (including phenoxy) is 2. The van der Waals surface area contributed by atoms with Gasteiger partial charge in [-0.3, -0.25) is 0 Å². The first-order valence-corrected chi connectivity index (χ1v) is 6.79. The molecule has 96 valence electrons. The second kappa shape index (κ2) is 8.42. The van der Waals surface area contributed by atoms with Gasteiger partial charge in [-0.05, 0) is 22.4 Å². The van der Waals surface area contributed by atoms with E-state index in [1.807, 2.05) is 6.92 Å². The molecule has 1 heterocycles. The van der Waals surface area contributed by atoms with Crippen LogP contribution in [0.3, 0.4) is 0 Å². The number of hydrogen-bond acceptors (Lipinski definition) is 4. The lowest BCUT2D eigenvalue weighted by atomic mass is 10.4. The van der Waals surface area contributed by atoms with E-state index in [-0.39, 0.29) is 0 Å². The third kappa shape index (κ3) is 5.98. The van der Waals surface area contributed by atoms with Crippen molar-refractivity contribution in [3.8, 4) is 5.88 Å². The Kier molecular flexibility index (Phi) is 7.12. The molecule has 0 saturated heterocycles. The molecule has 4 nitrogen and oxygen atoms in total. The molecule has 0 aliphatic carbocycles. The van der Waals surface area contributed by atoms with Crippen LogP contribution in [-0.4, -0.2) is 29.8 Å². The molecule has 1 aromatic heterocycles. The summed E-state index contributed by atoms with van der Waals surface area (Å²) >= 11 is 3.33. The van der Waals surface area contributed by atoms with Crippen LogP contribution in [0.15, 0.2) is 10.7 Å². The minimum atomic E-state index is 0.524. The van der Waals surface area contributed by atoms with E-state index in [1.54, 1.807) is 6.07 Å². The third-order valence-electron chi connectivity index (χ3n) is 2.15. The number of nitrogens with zero attached hydrogens (tertiary/aromatic N) is 2. The zero-order valence-electron chi connectivity index (χ0n) is 10.4. The van der Waals surface area contributed by atoms with Gasteiger partial charge < -0.3 is 9.47 Å². The van der Waals surface area contributed by atoms with Gasteiger partial charge in [0.15, 0.2) is 0 Å². The summed E-state index contributed by atoms with van der Waals surface area (Å²) < 4.78 is 11.7. The monoisotopic (exact) mass is 302 g/mol. The molecule has 0 aliphatic rings. The van der Waals surface area contributed by atoms with Crippen LogP contribution >= 0.6 is 15.9 Å². The Labute approximate surface area is 111 Å². The Bertz CT molecular complexity index is 334. The number of aryl methyl sites for hydroxylation is 1. The Morgan fingerprint density at radius 1 is 1.18 bits per heavy atom. The van der Waals surface area contributed by atoms with E-state index in [0.717, 1.165) is 36.3 Å². The molecule has 0 aromatic carbocycles. The average Bonchev–Trinajstić information content (AvgIpc) is 2.33. The van der Waals surface area contributed by atoms with Crippen molar-refractivity contribution < 1.29 is 9.47 Å². The van der Waals surface area contributed by atoms with E-state index in [9.17, 15) is 0 Å². The Morgan fingerprint density at radius 2 is 2.00 bits per heavy atom. The number of unbranched alkanes of at least 4 members (excludes halogenated alkanes) is 1. The zero-order chi connectivity index (χ0) is 12.5.